The van der Waals surface area contributed by atoms with Crippen molar-refractivity contribution in [2.75, 3.05) is 13.1 Å². The largest absolute Gasteiger partial charge is 0.507 e. The molecule has 0 saturated carbocycles. The average Bonchev–Trinajstić information content (AvgIpc) is 2.30. The van der Waals surface area contributed by atoms with Gasteiger partial charge in [0.15, 0.2) is 0 Å². The zero-order chi connectivity index (χ0) is 13.3. The van der Waals surface area contributed by atoms with Gasteiger partial charge in [0.05, 0.1) is 5.56 Å². The molecule has 4 heteroatoms. The first-order chi connectivity index (χ1) is 8.39. The molecule has 3 nitrogen and oxygen atoms in total. The van der Waals surface area contributed by atoms with Crippen molar-refractivity contribution >= 4 is 17.5 Å². The highest BCUT2D eigenvalue weighted by Gasteiger charge is 2.30. The third-order valence-electron chi connectivity index (χ3n) is 3.38. The number of piperidine rings is 1. The normalized spacial score (nSPS) is 18.7. The van der Waals surface area contributed by atoms with Crippen molar-refractivity contribution < 1.29 is 9.90 Å². The van der Waals surface area contributed by atoms with Crippen molar-refractivity contribution in [2.24, 2.45) is 5.41 Å². The molecule has 0 bridgehead atoms. The molecule has 1 saturated heterocycles. The summed E-state index contributed by atoms with van der Waals surface area (Å²) in [6, 6.07) is 4.57. The van der Waals surface area contributed by atoms with Crippen LogP contribution in [0, 0.1) is 5.41 Å². The maximum atomic E-state index is 12.4. The van der Waals surface area contributed by atoms with Gasteiger partial charge in [-0.2, -0.15) is 0 Å². The maximum absolute atomic E-state index is 12.4. The lowest BCUT2D eigenvalue weighted by atomic mass is 9.84. The number of likely N-dealkylation sites (tertiary alicyclic amines) is 1. The fourth-order valence-corrected chi connectivity index (χ4v) is 2.62. The van der Waals surface area contributed by atoms with Crippen LogP contribution in [0.15, 0.2) is 18.2 Å². The van der Waals surface area contributed by atoms with Gasteiger partial charge in [-0.15, -0.1) is 0 Å². The zero-order valence-corrected chi connectivity index (χ0v) is 11.5. The highest BCUT2D eigenvalue weighted by Crippen LogP contribution is 2.31. The van der Waals surface area contributed by atoms with Crippen molar-refractivity contribution in [1.82, 2.24) is 4.90 Å². The SMILES string of the molecule is CC1(C)CCCN(C(=O)c2cc(Cl)ccc2O)C1. The average molecular weight is 268 g/mol. The van der Waals surface area contributed by atoms with Crippen LogP contribution in [0.3, 0.4) is 0 Å². The molecule has 0 aliphatic carbocycles. The van der Waals surface area contributed by atoms with E-state index in [-0.39, 0.29) is 17.1 Å². The number of phenols is 1. The smallest absolute Gasteiger partial charge is 0.257 e. The topological polar surface area (TPSA) is 40.5 Å². The Labute approximate surface area is 112 Å². The van der Waals surface area contributed by atoms with Gasteiger partial charge >= 0.3 is 0 Å². The first-order valence-electron chi connectivity index (χ1n) is 6.17. The van der Waals surface area contributed by atoms with Gasteiger partial charge in [0.1, 0.15) is 5.75 Å². The van der Waals surface area contributed by atoms with Crippen molar-refractivity contribution in [3.05, 3.63) is 28.8 Å². The second-order valence-electron chi connectivity index (χ2n) is 5.66. The number of carbonyl (C=O) groups excluding carboxylic acids is 1. The van der Waals surface area contributed by atoms with Crippen LogP contribution in [0.5, 0.6) is 5.75 Å². The summed E-state index contributed by atoms with van der Waals surface area (Å²) in [4.78, 5) is 14.2. The molecule has 1 amide bonds. The minimum Gasteiger partial charge on any atom is -0.507 e. The lowest BCUT2D eigenvalue weighted by Crippen LogP contribution is -2.43. The summed E-state index contributed by atoms with van der Waals surface area (Å²) in [7, 11) is 0. The summed E-state index contributed by atoms with van der Waals surface area (Å²) >= 11 is 5.87. The van der Waals surface area contributed by atoms with Gasteiger partial charge < -0.3 is 10.0 Å². The van der Waals surface area contributed by atoms with Crippen molar-refractivity contribution in [2.45, 2.75) is 26.7 Å². The number of rotatable bonds is 1. The Kier molecular flexibility index (Phi) is 3.53. The van der Waals surface area contributed by atoms with Crippen LogP contribution in [-0.2, 0) is 0 Å². The molecule has 1 N–H and O–H groups in total. The fourth-order valence-electron chi connectivity index (χ4n) is 2.45. The van der Waals surface area contributed by atoms with Gasteiger partial charge in [-0.1, -0.05) is 25.4 Å². The van der Waals surface area contributed by atoms with Crippen LogP contribution in [0.2, 0.25) is 5.02 Å². The van der Waals surface area contributed by atoms with Crippen LogP contribution in [0.25, 0.3) is 0 Å². The summed E-state index contributed by atoms with van der Waals surface area (Å²) in [5, 5.41) is 10.2. The molecular weight excluding hydrogens is 250 g/mol. The van der Waals surface area contributed by atoms with E-state index in [9.17, 15) is 9.90 Å². The predicted molar refractivity (Wildman–Crippen MR) is 72.0 cm³/mol. The van der Waals surface area contributed by atoms with E-state index in [2.05, 4.69) is 13.8 Å². The van der Waals surface area contributed by atoms with Gasteiger partial charge in [0.2, 0.25) is 0 Å². The molecule has 18 heavy (non-hydrogen) atoms. The Morgan fingerprint density at radius 3 is 2.83 bits per heavy atom. The Balaban J connectivity index is 2.23. The lowest BCUT2D eigenvalue weighted by Gasteiger charge is -2.38. The number of carbonyl (C=O) groups is 1. The van der Waals surface area contributed by atoms with Gasteiger partial charge in [0, 0.05) is 18.1 Å². The Bertz CT molecular complexity index is 471. The molecule has 2 rings (SSSR count). The van der Waals surface area contributed by atoms with Crippen LogP contribution < -0.4 is 0 Å². The van der Waals surface area contributed by atoms with Crippen LogP contribution in [0.4, 0.5) is 0 Å². The lowest BCUT2D eigenvalue weighted by molar-refractivity contribution is 0.0580. The third kappa shape index (κ3) is 2.78. The number of halogens is 1. The zero-order valence-electron chi connectivity index (χ0n) is 10.7. The first-order valence-corrected chi connectivity index (χ1v) is 6.55. The van der Waals surface area contributed by atoms with Crippen molar-refractivity contribution in [1.29, 1.82) is 0 Å². The molecule has 1 aliphatic rings. The third-order valence-corrected chi connectivity index (χ3v) is 3.61. The molecule has 98 valence electrons. The molecule has 1 aromatic rings. The molecule has 1 aromatic carbocycles. The van der Waals surface area contributed by atoms with Crippen LogP contribution in [-0.4, -0.2) is 29.0 Å². The number of nitrogens with zero attached hydrogens (tertiary/aromatic N) is 1. The second kappa shape index (κ2) is 4.81. The molecular formula is C14H18ClNO2. The highest BCUT2D eigenvalue weighted by molar-refractivity contribution is 6.31. The summed E-state index contributed by atoms with van der Waals surface area (Å²) in [5.41, 5.74) is 0.433. The Morgan fingerprint density at radius 1 is 1.44 bits per heavy atom. The molecule has 0 spiro atoms. The monoisotopic (exact) mass is 267 g/mol. The number of hydrogen-bond donors (Lipinski definition) is 1. The van der Waals surface area contributed by atoms with E-state index in [4.69, 9.17) is 11.6 Å². The minimum absolute atomic E-state index is 0.00669. The number of hydrogen-bond acceptors (Lipinski definition) is 2. The number of aromatic hydroxyl groups is 1. The summed E-state index contributed by atoms with van der Waals surface area (Å²) in [6.07, 6.45) is 2.12. The van der Waals surface area contributed by atoms with E-state index in [1.54, 1.807) is 11.0 Å². The van der Waals surface area contributed by atoms with E-state index in [0.29, 0.717) is 10.6 Å². The summed E-state index contributed by atoms with van der Waals surface area (Å²) in [6.45, 7) is 5.78. The quantitative estimate of drug-likeness (QED) is 0.848. The molecule has 0 atom stereocenters. The first kappa shape index (κ1) is 13.2. The van der Waals surface area contributed by atoms with Gasteiger partial charge in [-0.3, -0.25) is 4.79 Å². The standard InChI is InChI=1S/C14H18ClNO2/c1-14(2)6-3-7-16(9-14)13(18)11-8-10(15)4-5-12(11)17/h4-5,8,17H,3,6-7,9H2,1-2H3. The van der Waals surface area contributed by atoms with Gasteiger partial charge in [-0.25, -0.2) is 0 Å². The van der Waals surface area contributed by atoms with Gasteiger partial charge in [-0.05, 0) is 36.5 Å². The Hall–Kier alpha value is -1.22. The number of benzene rings is 1. The van der Waals surface area contributed by atoms with Gasteiger partial charge in [0.25, 0.3) is 5.91 Å². The van der Waals surface area contributed by atoms with E-state index < -0.39 is 0 Å². The van der Waals surface area contributed by atoms with E-state index in [0.717, 1.165) is 25.9 Å². The maximum Gasteiger partial charge on any atom is 0.257 e. The van der Waals surface area contributed by atoms with Crippen LogP contribution in [0.1, 0.15) is 37.0 Å². The number of amides is 1. The molecule has 0 unspecified atom stereocenters. The molecule has 1 aliphatic heterocycles. The molecule has 0 radical (unpaired) electrons. The summed E-state index contributed by atoms with van der Waals surface area (Å²) in [5.74, 6) is -0.143. The van der Waals surface area contributed by atoms with Crippen molar-refractivity contribution in [3.8, 4) is 5.75 Å². The fraction of sp³-hybridized carbons (Fsp3) is 0.500. The van der Waals surface area contributed by atoms with E-state index >= 15 is 0 Å². The molecule has 1 heterocycles. The predicted octanol–water partition coefficient (Wildman–Crippen LogP) is 3.31. The second-order valence-corrected chi connectivity index (χ2v) is 6.09. The molecule has 1 fully saturated rings. The minimum atomic E-state index is -0.136. The molecule has 0 aromatic heterocycles. The Morgan fingerprint density at radius 2 is 2.17 bits per heavy atom. The van der Waals surface area contributed by atoms with E-state index in [1.807, 2.05) is 0 Å². The van der Waals surface area contributed by atoms with E-state index in [1.165, 1.54) is 12.1 Å². The van der Waals surface area contributed by atoms with Crippen molar-refractivity contribution in [3.63, 3.8) is 0 Å². The summed E-state index contributed by atoms with van der Waals surface area (Å²) < 4.78 is 0. The highest BCUT2D eigenvalue weighted by atomic mass is 35.5. The van der Waals surface area contributed by atoms with Crippen LogP contribution >= 0.6 is 11.6 Å². The number of phenolic OH excluding ortho intramolecular Hbond substituents is 1.